The van der Waals surface area contributed by atoms with Gasteiger partial charge in [-0.3, -0.25) is 0 Å². The highest BCUT2D eigenvalue weighted by molar-refractivity contribution is 6.06. The first kappa shape index (κ1) is 27.2. The van der Waals surface area contributed by atoms with Crippen LogP contribution in [0.3, 0.4) is 0 Å². The maximum Gasteiger partial charge on any atom is 0.0159 e. The summed E-state index contributed by atoms with van der Waals surface area (Å²) in [5.74, 6) is 0. The van der Waals surface area contributed by atoms with E-state index in [0.29, 0.717) is 0 Å². The van der Waals surface area contributed by atoms with E-state index in [-0.39, 0.29) is 16.2 Å². The maximum atomic E-state index is 2.58. The van der Waals surface area contributed by atoms with Gasteiger partial charge in [-0.1, -0.05) is 90.1 Å². The topological polar surface area (TPSA) is 0 Å². The summed E-state index contributed by atoms with van der Waals surface area (Å²) in [4.78, 5) is 0. The number of hydrogen-bond donors (Lipinski definition) is 0. The molecule has 0 nitrogen and oxygen atoms in total. The van der Waals surface area contributed by atoms with Crippen LogP contribution >= 0.6 is 0 Å². The molecule has 45 heavy (non-hydrogen) atoms. The van der Waals surface area contributed by atoms with Crippen molar-refractivity contribution < 1.29 is 0 Å². The van der Waals surface area contributed by atoms with Gasteiger partial charge < -0.3 is 0 Å². The van der Waals surface area contributed by atoms with Gasteiger partial charge in [0.05, 0.1) is 0 Å². The summed E-state index contributed by atoms with van der Waals surface area (Å²) in [5.41, 5.74) is 22.6. The Labute approximate surface area is 268 Å². The van der Waals surface area contributed by atoms with Crippen LogP contribution in [-0.4, -0.2) is 0 Å². The summed E-state index contributed by atoms with van der Waals surface area (Å²) in [6.45, 7) is 23.6. The molecule has 0 atom stereocenters. The minimum Gasteiger partial charge on any atom is -0.0569 e. The molecule has 0 heteroatoms. The maximum absolute atomic E-state index is 2.58. The Kier molecular flexibility index (Phi) is 4.93. The van der Waals surface area contributed by atoms with Crippen molar-refractivity contribution in [3.8, 4) is 33.4 Å². The van der Waals surface area contributed by atoms with Gasteiger partial charge in [-0.15, -0.1) is 0 Å². The molecular formula is C45H42. The van der Waals surface area contributed by atoms with Crippen LogP contribution in [-0.2, 0) is 16.2 Å². The second-order valence-corrected chi connectivity index (χ2v) is 16.1. The third kappa shape index (κ3) is 3.18. The first-order valence-electron chi connectivity index (χ1n) is 16.7. The van der Waals surface area contributed by atoms with Crippen LogP contribution < -0.4 is 0 Å². The molecule has 0 aromatic heterocycles. The lowest BCUT2D eigenvalue weighted by Gasteiger charge is -2.24. The summed E-state index contributed by atoms with van der Waals surface area (Å²) in [6, 6.07) is 29.4. The van der Waals surface area contributed by atoms with E-state index in [2.05, 4.69) is 142 Å². The van der Waals surface area contributed by atoms with Gasteiger partial charge in [0.15, 0.2) is 0 Å². The highest BCUT2D eigenvalue weighted by Crippen LogP contribution is 2.60. The van der Waals surface area contributed by atoms with Gasteiger partial charge in [-0.2, -0.15) is 0 Å². The van der Waals surface area contributed by atoms with E-state index in [0.717, 1.165) is 0 Å². The Morgan fingerprint density at radius 1 is 0.333 bits per heavy atom. The summed E-state index contributed by atoms with van der Waals surface area (Å²) < 4.78 is 0. The number of aryl methyl sites for hydroxylation is 4. The fraction of sp³-hybridized carbons (Fsp3) is 0.289. The molecule has 0 aliphatic heterocycles. The molecule has 0 N–H and O–H groups in total. The summed E-state index contributed by atoms with van der Waals surface area (Å²) >= 11 is 0. The van der Waals surface area contributed by atoms with Crippen LogP contribution in [0.5, 0.6) is 0 Å². The molecule has 9 rings (SSSR count). The van der Waals surface area contributed by atoms with E-state index >= 15 is 0 Å². The zero-order valence-corrected chi connectivity index (χ0v) is 28.4. The van der Waals surface area contributed by atoms with Gasteiger partial charge in [-0.25, -0.2) is 0 Å². The van der Waals surface area contributed by atoms with E-state index in [9.17, 15) is 0 Å². The van der Waals surface area contributed by atoms with E-state index in [4.69, 9.17) is 0 Å². The van der Waals surface area contributed by atoms with Crippen molar-refractivity contribution in [2.45, 2.75) is 85.5 Å². The van der Waals surface area contributed by atoms with Crippen molar-refractivity contribution >= 4 is 21.5 Å². The minimum absolute atomic E-state index is 0.0548. The third-order valence-electron chi connectivity index (χ3n) is 12.5. The summed E-state index contributed by atoms with van der Waals surface area (Å²) in [7, 11) is 0. The van der Waals surface area contributed by atoms with E-state index < -0.39 is 0 Å². The van der Waals surface area contributed by atoms with Gasteiger partial charge >= 0.3 is 0 Å². The standard InChI is InChI=1S/C45H42/c1-23-15-27-11-13-35-41(29(27)17-25(23)3)33-21-37-31(19-39(33)43(35,5)6)32-20-40-34(22-38(32)45(37,9)10)42-30-18-26(4)24(2)16-28(30)12-14-36(42)44(40,7)8/h11-22H,1-10H3. The van der Waals surface area contributed by atoms with Gasteiger partial charge in [0.25, 0.3) is 0 Å². The van der Waals surface area contributed by atoms with Crippen LogP contribution in [0.1, 0.15) is 97.2 Å². The Bertz CT molecular complexity index is 2200. The molecule has 0 unspecified atom stereocenters. The molecule has 0 saturated carbocycles. The Morgan fingerprint density at radius 3 is 1.04 bits per heavy atom. The molecular weight excluding hydrogens is 540 g/mol. The lowest BCUT2D eigenvalue weighted by Crippen LogP contribution is -2.17. The molecule has 0 fully saturated rings. The quantitative estimate of drug-likeness (QED) is 0.167. The number of hydrogen-bond acceptors (Lipinski definition) is 0. The molecule has 0 radical (unpaired) electrons. The monoisotopic (exact) mass is 582 g/mol. The molecule has 222 valence electrons. The molecule has 0 heterocycles. The van der Waals surface area contributed by atoms with Crippen molar-refractivity contribution in [3.63, 3.8) is 0 Å². The van der Waals surface area contributed by atoms with Crippen molar-refractivity contribution in [3.05, 3.63) is 128 Å². The lowest BCUT2D eigenvalue weighted by atomic mass is 9.78. The largest absolute Gasteiger partial charge is 0.0569 e. The molecule has 6 aromatic rings. The van der Waals surface area contributed by atoms with Crippen LogP contribution in [0.25, 0.3) is 54.9 Å². The molecule has 0 saturated heterocycles. The van der Waals surface area contributed by atoms with Crippen LogP contribution in [0.2, 0.25) is 0 Å². The zero-order chi connectivity index (χ0) is 31.5. The van der Waals surface area contributed by atoms with Gasteiger partial charge in [0.2, 0.25) is 0 Å². The molecule has 3 aliphatic carbocycles. The minimum atomic E-state index is -0.0945. The van der Waals surface area contributed by atoms with Crippen molar-refractivity contribution in [2.24, 2.45) is 0 Å². The van der Waals surface area contributed by atoms with E-state index in [1.165, 1.54) is 111 Å². The second kappa shape index (κ2) is 8.16. The lowest BCUT2D eigenvalue weighted by molar-refractivity contribution is 0.649. The molecule has 3 aliphatic rings. The average Bonchev–Trinajstić information content (AvgIpc) is 3.45. The highest BCUT2D eigenvalue weighted by Gasteiger charge is 2.45. The first-order valence-corrected chi connectivity index (χ1v) is 16.7. The van der Waals surface area contributed by atoms with E-state index in [1.54, 1.807) is 0 Å². The Hall–Kier alpha value is -4.16. The van der Waals surface area contributed by atoms with Gasteiger partial charge in [0, 0.05) is 16.2 Å². The van der Waals surface area contributed by atoms with Crippen LogP contribution in [0, 0.1) is 27.7 Å². The summed E-state index contributed by atoms with van der Waals surface area (Å²) in [5, 5.41) is 5.48. The Balaban J connectivity index is 1.31. The smallest absolute Gasteiger partial charge is 0.0159 e. The summed E-state index contributed by atoms with van der Waals surface area (Å²) in [6.07, 6.45) is 0. The predicted octanol–water partition coefficient (Wildman–Crippen LogP) is 12.1. The van der Waals surface area contributed by atoms with Gasteiger partial charge in [0.1, 0.15) is 0 Å². The van der Waals surface area contributed by atoms with Crippen LogP contribution in [0.15, 0.2) is 72.8 Å². The fourth-order valence-corrected chi connectivity index (χ4v) is 9.37. The van der Waals surface area contributed by atoms with Gasteiger partial charge in [-0.05, 0) is 163 Å². The first-order chi connectivity index (χ1) is 21.2. The molecule has 0 spiro atoms. The zero-order valence-electron chi connectivity index (χ0n) is 28.4. The van der Waals surface area contributed by atoms with Crippen molar-refractivity contribution in [1.82, 2.24) is 0 Å². The average molecular weight is 583 g/mol. The third-order valence-corrected chi connectivity index (χ3v) is 12.5. The van der Waals surface area contributed by atoms with E-state index in [1.807, 2.05) is 0 Å². The molecule has 0 bridgehead atoms. The fourth-order valence-electron chi connectivity index (χ4n) is 9.37. The Morgan fingerprint density at radius 2 is 0.644 bits per heavy atom. The SMILES string of the molecule is Cc1cc2ccc3c(c2cc1C)-c1cc2c(cc1C3(C)C)-c1cc3c(cc1C2(C)C)-c1c(ccc2cc(C)c(C)cc12)C3(C)C. The number of rotatable bonds is 0. The normalized spacial score (nSPS) is 17.2. The van der Waals surface area contributed by atoms with Crippen molar-refractivity contribution in [1.29, 1.82) is 0 Å². The number of benzene rings is 6. The molecule has 6 aromatic carbocycles. The van der Waals surface area contributed by atoms with Crippen LogP contribution in [0.4, 0.5) is 0 Å². The highest BCUT2D eigenvalue weighted by atomic mass is 14.5. The molecule has 0 amide bonds. The predicted molar refractivity (Wildman–Crippen MR) is 193 cm³/mol. The van der Waals surface area contributed by atoms with Crippen molar-refractivity contribution in [2.75, 3.05) is 0 Å². The second-order valence-electron chi connectivity index (χ2n) is 16.1. The number of fused-ring (bicyclic) bond motifs is 13.